The average molecular weight is 416 g/mol. The van der Waals surface area contributed by atoms with E-state index < -0.39 is 34.2 Å². The molecule has 0 bridgehead atoms. The van der Waals surface area contributed by atoms with Gasteiger partial charge in [0.15, 0.2) is 0 Å². The third-order valence-electron chi connectivity index (χ3n) is 4.89. The van der Waals surface area contributed by atoms with Crippen LogP contribution in [-0.4, -0.2) is 79.0 Å². The van der Waals surface area contributed by atoms with E-state index >= 15 is 0 Å². The summed E-state index contributed by atoms with van der Waals surface area (Å²) in [4.78, 5) is 38.8. The number of nitro benzene ring substituents is 1. The molecule has 0 atom stereocenters. The zero-order chi connectivity index (χ0) is 21.2. The van der Waals surface area contributed by atoms with Crippen molar-refractivity contribution in [3.63, 3.8) is 0 Å². The molecule has 2 aliphatic rings. The Balaban J connectivity index is 1.69. The summed E-state index contributed by atoms with van der Waals surface area (Å²) in [6, 6.07) is 2.59. The van der Waals surface area contributed by atoms with Crippen LogP contribution in [0.3, 0.4) is 0 Å². The first-order valence-corrected chi connectivity index (χ1v) is 8.95. The second kappa shape index (κ2) is 8.23. The number of morpholine rings is 1. The molecule has 3 rings (SSSR count). The van der Waals surface area contributed by atoms with Crippen LogP contribution in [0.15, 0.2) is 18.2 Å². The van der Waals surface area contributed by atoms with Crippen molar-refractivity contribution in [2.75, 3.05) is 57.4 Å². The number of hydrogen-bond acceptors (Lipinski definition) is 6. The summed E-state index contributed by atoms with van der Waals surface area (Å²) in [5.41, 5.74) is -1.93. The number of anilines is 1. The molecular weight excluding hydrogens is 397 g/mol. The van der Waals surface area contributed by atoms with E-state index in [0.29, 0.717) is 32.4 Å². The molecule has 0 unspecified atom stereocenters. The molecule has 2 heterocycles. The van der Waals surface area contributed by atoms with Gasteiger partial charge in [-0.15, -0.1) is 0 Å². The summed E-state index contributed by atoms with van der Waals surface area (Å²) in [7, 11) is 0. The van der Waals surface area contributed by atoms with Crippen LogP contribution in [0.5, 0.6) is 0 Å². The number of carbonyl (C=O) groups is 2. The van der Waals surface area contributed by atoms with E-state index in [9.17, 15) is 32.9 Å². The topological polar surface area (TPSA) is 96.2 Å². The van der Waals surface area contributed by atoms with E-state index in [-0.39, 0.29) is 31.9 Å². The van der Waals surface area contributed by atoms with Crippen LogP contribution in [0.4, 0.5) is 24.5 Å². The minimum atomic E-state index is -4.76. The Morgan fingerprint density at radius 3 is 2.03 bits per heavy atom. The van der Waals surface area contributed by atoms with Gasteiger partial charge in [0.25, 0.3) is 5.69 Å². The minimum absolute atomic E-state index is 0.0724. The molecule has 9 nitrogen and oxygen atoms in total. The fourth-order valence-electron chi connectivity index (χ4n) is 3.33. The maximum absolute atomic E-state index is 13.4. The number of halogens is 3. The van der Waals surface area contributed by atoms with Gasteiger partial charge in [-0.1, -0.05) is 0 Å². The Bertz CT molecular complexity index is 803. The Kier molecular flexibility index (Phi) is 5.91. The monoisotopic (exact) mass is 416 g/mol. The molecule has 1 aromatic rings. The van der Waals surface area contributed by atoms with Crippen molar-refractivity contribution >= 4 is 23.2 Å². The predicted octanol–water partition coefficient (Wildman–Crippen LogP) is 1.12. The van der Waals surface area contributed by atoms with Gasteiger partial charge in [-0.2, -0.15) is 13.2 Å². The fourth-order valence-corrected chi connectivity index (χ4v) is 3.33. The van der Waals surface area contributed by atoms with Crippen LogP contribution in [0, 0.1) is 10.1 Å². The number of non-ortho nitro benzene ring substituents is 1. The van der Waals surface area contributed by atoms with E-state index in [1.807, 2.05) is 0 Å². The third-order valence-corrected chi connectivity index (χ3v) is 4.89. The van der Waals surface area contributed by atoms with Gasteiger partial charge in [-0.05, 0) is 6.07 Å². The standard InChI is InChI=1S/C17H19F3N4O5/c18-17(19,20)13-11-12(24(27)28)1-2-14(13)21-3-5-22(6-4-21)15(25)16(26)23-7-9-29-10-8-23/h1-2,11H,3-10H2. The molecule has 12 heteroatoms. The summed E-state index contributed by atoms with van der Waals surface area (Å²) in [6.07, 6.45) is -4.76. The number of piperazine rings is 1. The van der Waals surface area contributed by atoms with E-state index in [0.717, 1.165) is 12.1 Å². The number of ether oxygens (including phenoxy) is 1. The lowest BCUT2D eigenvalue weighted by Gasteiger charge is -2.37. The number of alkyl halides is 3. The number of benzene rings is 1. The highest BCUT2D eigenvalue weighted by Crippen LogP contribution is 2.39. The molecular formula is C17H19F3N4O5. The molecule has 0 aliphatic carbocycles. The summed E-state index contributed by atoms with van der Waals surface area (Å²) in [6.45, 7) is 1.64. The molecule has 2 aliphatic heterocycles. The SMILES string of the molecule is O=C(C(=O)N1CCN(c2ccc([N+](=O)[O-])cc2C(F)(F)F)CC1)N1CCOCC1. The maximum atomic E-state index is 13.4. The average Bonchev–Trinajstić information content (AvgIpc) is 2.72. The zero-order valence-corrected chi connectivity index (χ0v) is 15.4. The van der Waals surface area contributed by atoms with E-state index in [1.54, 1.807) is 0 Å². The quantitative estimate of drug-likeness (QED) is 0.407. The Hall–Kier alpha value is -2.89. The largest absolute Gasteiger partial charge is 0.418 e. The predicted molar refractivity (Wildman–Crippen MR) is 94.3 cm³/mol. The Morgan fingerprint density at radius 2 is 1.52 bits per heavy atom. The van der Waals surface area contributed by atoms with Gasteiger partial charge in [-0.3, -0.25) is 19.7 Å². The summed E-state index contributed by atoms with van der Waals surface area (Å²) >= 11 is 0. The molecule has 0 saturated carbocycles. The van der Waals surface area contributed by atoms with Gasteiger partial charge in [0.1, 0.15) is 0 Å². The fraction of sp³-hybridized carbons (Fsp3) is 0.529. The van der Waals surface area contributed by atoms with Gasteiger partial charge >= 0.3 is 18.0 Å². The van der Waals surface area contributed by atoms with Crippen molar-refractivity contribution in [1.29, 1.82) is 0 Å². The molecule has 0 spiro atoms. The van der Waals surface area contributed by atoms with Gasteiger partial charge in [0, 0.05) is 57.1 Å². The Morgan fingerprint density at radius 1 is 0.966 bits per heavy atom. The third kappa shape index (κ3) is 4.58. The van der Waals surface area contributed by atoms with Crippen LogP contribution in [0.2, 0.25) is 0 Å². The number of nitrogens with zero attached hydrogens (tertiary/aromatic N) is 4. The smallest absolute Gasteiger partial charge is 0.378 e. The lowest BCUT2D eigenvalue weighted by molar-refractivity contribution is -0.385. The van der Waals surface area contributed by atoms with Gasteiger partial charge in [0.05, 0.1) is 23.7 Å². The highest BCUT2D eigenvalue weighted by Gasteiger charge is 2.38. The molecule has 0 aromatic heterocycles. The van der Waals surface area contributed by atoms with Gasteiger partial charge in [0.2, 0.25) is 0 Å². The van der Waals surface area contributed by atoms with Crippen molar-refractivity contribution in [2.45, 2.75) is 6.18 Å². The highest BCUT2D eigenvalue weighted by molar-refractivity contribution is 6.34. The molecule has 0 radical (unpaired) electrons. The number of amides is 2. The minimum Gasteiger partial charge on any atom is -0.378 e. The van der Waals surface area contributed by atoms with Crippen LogP contribution in [0.1, 0.15) is 5.56 Å². The van der Waals surface area contributed by atoms with Crippen LogP contribution in [0.25, 0.3) is 0 Å². The first-order chi connectivity index (χ1) is 13.7. The summed E-state index contributed by atoms with van der Waals surface area (Å²) < 4.78 is 45.3. The Labute approximate surface area is 163 Å². The van der Waals surface area contributed by atoms with Crippen LogP contribution < -0.4 is 4.90 Å². The highest BCUT2D eigenvalue weighted by atomic mass is 19.4. The van der Waals surface area contributed by atoms with E-state index in [2.05, 4.69) is 0 Å². The van der Waals surface area contributed by atoms with Crippen molar-refractivity contribution in [2.24, 2.45) is 0 Å². The second-order valence-electron chi connectivity index (χ2n) is 6.64. The molecule has 2 fully saturated rings. The molecule has 29 heavy (non-hydrogen) atoms. The number of carbonyl (C=O) groups excluding carboxylic acids is 2. The summed E-state index contributed by atoms with van der Waals surface area (Å²) in [5, 5.41) is 10.8. The van der Waals surface area contributed by atoms with Crippen molar-refractivity contribution in [3.05, 3.63) is 33.9 Å². The normalized spacial score (nSPS) is 18.0. The second-order valence-corrected chi connectivity index (χ2v) is 6.64. The lowest BCUT2D eigenvalue weighted by atomic mass is 10.1. The molecule has 0 N–H and O–H groups in total. The lowest BCUT2D eigenvalue weighted by Crippen LogP contribution is -2.55. The van der Waals surface area contributed by atoms with E-state index in [1.165, 1.54) is 14.7 Å². The number of hydrogen-bond donors (Lipinski definition) is 0. The van der Waals surface area contributed by atoms with E-state index in [4.69, 9.17) is 4.74 Å². The number of nitro groups is 1. The molecule has 158 valence electrons. The van der Waals surface area contributed by atoms with Gasteiger partial charge < -0.3 is 19.4 Å². The number of rotatable bonds is 2. The van der Waals surface area contributed by atoms with Gasteiger partial charge in [-0.25, -0.2) is 0 Å². The van der Waals surface area contributed by atoms with Crippen molar-refractivity contribution in [3.8, 4) is 0 Å². The van der Waals surface area contributed by atoms with Crippen molar-refractivity contribution < 1.29 is 32.4 Å². The molecule has 2 saturated heterocycles. The zero-order valence-electron chi connectivity index (χ0n) is 15.4. The van der Waals surface area contributed by atoms with Crippen molar-refractivity contribution in [1.82, 2.24) is 9.80 Å². The molecule has 1 aromatic carbocycles. The van der Waals surface area contributed by atoms with Crippen LogP contribution >= 0.6 is 0 Å². The first-order valence-electron chi connectivity index (χ1n) is 8.95. The maximum Gasteiger partial charge on any atom is 0.418 e. The van der Waals surface area contributed by atoms with Crippen LogP contribution in [-0.2, 0) is 20.5 Å². The molecule has 2 amide bonds. The summed E-state index contributed by atoms with van der Waals surface area (Å²) in [5.74, 6) is -1.33. The first kappa shape index (κ1) is 20.8.